The van der Waals surface area contributed by atoms with Crippen molar-refractivity contribution in [1.29, 1.82) is 0 Å². The van der Waals surface area contributed by atoms with Gasteiger partial charge in [0.15, 0.2) is 5.92 Å². The number of carbonyl (C=O) groups is 2. The molecule has 1 saturated heterocycles. The first kappa shape index (κ1) is 22.2. The Bertz CT molecular complexity index is 1050. The van der Waals surface area contributed by atoms with Crippen LogP contribution in [0.3, 0.4) is 0 Å². The van der Waals surface area contributed by atoms with E-state index < -0.39 is 28.8 Å². The van der Waals surface area contributed by atoms with Crippen molar-refractivity contribution in [2.75, 3.05) is 37.7 Å². The summed E-state index contributed by atoms with van der Waals surface area (Å²) in [5.41, 5.74) is 0.444. The maximum absolute atomic E-state index is 13.0. The van der Waals surface area contributed by atoms with Crippen LogP contribution in [0.4, 0.5) is 11.5 Å². The van der Waals surface area contributed by atoms with Crippen LogP contribution in [-0.4, -0.2) is 65.4 Å². The summed E-state index contributed by atoms with van der Waals surface area (Å²) in [4.78, 5) is 49.2. The predicted molar refractivity (Wildman–Crippen MR) is 120 cm³/mol. The summed E-state index contributed by atoms with van der Waals surface area (Å²) in [6, 6.07) is 10.6. The van der Waals surface area contributed by atoms with E-state index in [-0.39, 0.29) is 12.3 Å². The number of nitro benzene ring substituents is 1. The topological polar surface area (TPSA) is 130 Å². The number of piperazine rings is 1. The molecule has 2 aromatic rings. The molecule has 1 amide bonds. The van der Waals surface area contributed by atoms with Gasteiger partial charge in [0.25, 0.3) is 5.69 Å². The summed E-state index contributed by atoms with van der Waals surface area (Å²) in [5, 5.41) is 13.8. The van der Waals surface area contributed by atoms with Gasteiger partial charge in [-0.1, -0.05) is 18.2 Å². The van der Waals surface area contributed by atoms with E-state index in [0.717, 1.165) is 5.82 Å². The molecule has 1 fully saturated rings. The third kappa shape index (κ3) is 4.76. The van der Waals surface area contributed by atoms with Crippen LogP contribution in [0.1, 0.15) is 18.5 Å². The van der Waals surface area contributed by atoms with Gasteiger partial charge in [-0.2, -0.15) is 0 Å². The van der Waals surface area contributed by atoms with Crippen molar-refractivity contribution < 1.29 is 19.2 Å². The van der Waals surface area contributed by atoms with Gasteiger partial charge in [0.1, 0.15) is 11.9 Å². The second-order valence-corrected chi connectivity index (χ2v) is 7.63. The van der Waals surface area contributed by atoms with Crippen molar-refractivity contribution in [2.24, 2.45) is 10.9 Å². The number of guanidine groups is 1. The number of ether oxygens (including phenoxy) is 1. The summed E-state index contributed by atoms with van der Waals surface area (Å²) in [7, 11) is 0. The standard InChI is InChI=1S/C22H24N6O5/c1-2-33-21(30)18-19(15-6-8-16(9-7-15)28(31)32)24-22(25-20(18)29)27-13-11-26(12-14-27)17-5-3-4-10-23-17/h3-10,18-19H,2,11-14H2,1H3,(H,24,25,29)/t18-,19+/m1/s1. The highest BCUT2D eigenvalue weighted by Crippen LogP contribution is 2.32. The number of benzene rings is 1. The second kappa shape index (κ2) is 9.63. The van der Waals surface area contributed by atoms with Gasteiger partial charge in [-0.05, 0) is 24.6 Å². The molecule has 33 heavy (non-hydrogen) atoms. The fourth-order valence-electron chi connectivity index (χ4n) is 3.95. The van der Waals surface area contributed by atoms with E-state index in [1.165, 1.54) is 24.3 Å². The number of amides is 1. The van der Waals surface area contributed by atoms with Crippen molar-refractivity contribution in [3.05, 3.63) is 64.3 Å². The SMILES string of the molecule is CCOC(=O)[C@H]1C(=O)NC(N2CCN(c3ccccn3)CC2)=N[C@H]1c1ccc([N+](=O)[O-])cc1. The molecule has 2 aliphatic heterocycles. The van der Waals surface area contributed by atoms with Gasteiger partial charge >= 0.3 is 5.97 Å². The molecule has 3 heterocycles. The molecule has 0 aliphatic carbocycles. The van der Waals surface area contributed by atoms with E-state index in [1.54, 1.807) is 13.1 Å². The quantitative estimate of drug-likeness (QED) is 0.313. The smallest absolute Gasteiger partial charge is 0.321 e. The first-order valence-electron chi connectivity index (χ1n) is 10.7. The molecule has 11 heteroatoms. The van der Waals surface area contributed by atoms with Crippen LogP contribution in [-0.2, 0) is 14.3 Å². The van der Waals surface area contributed by atoms with Crippen LogP contribution < -0.4 is 10.2 Å². The molecule has 1 N–H and O–H groups in total. The van der Waals surface area contributed by atoms with Crippen molar-refractivity contribution >= 4 is 29.3 Å². The lowest BCUT2D eigenvalue weighted by Crippen LogP contribution is -2.57. The number of aliphatic imine (C=N–C) groups is 1. The van der Waals surface area contributed by atoms with Gasteiger partial charge in [-0.15, -0.1) is 0 Å². The number of esters is 1. The van der Waals surface area contributed by atoms with E-state index in [0.29, 0.717) is 37.7 Å². The third-order valence-electron chi connectivity index (χ3n) is 5.63. The Balaban J connectivity index is 1.58. The number of non-ortho nitro benzene ring substituents is 1. The van der Waals surface area contributed by atoms with E-state index in [9.17, 15) is 19.7 Å². The molecule has 11 nitrogen and oxygen atoms in total. The molecule has 2 atom stereocenters. The lowest BCUT2D eigenvalue weighted by atomic mass is 9.91. The van der Waals surface area contributed by atoms with Crippen LogP contribution in [0.25, 0.3) is 0 Å². The Hall–Kier alpha value is -4.02. The minimum atomic E-state index is -1.18. The Labute approximate surface area is 190 Å². The van der Waals surface area contributed by atoms with Crippen molar-refractivity contribution in [2.45, 2.75) is 13.0 Å². The monoisotopic (exact) mass is 452 g/mol. The maximum atomic E-state index is 13.0. The number of nitrogens with zero attached hydrogens (tertiary/aromatic N) is 5. The highest BCUT2D eigenvalue weighted by molar-refractivity contribution is 6.08. The summed E-state index contributed by atoms with van der Waals surface area (Å²) < 4.78 is 5.10. The number of rotatable bonds is 5. The van der Waals surface area contributed by atoms with Crippen molar-refractivity contribution in [3.63, 3.8) is 0 Å². The zero-order chi connectivity index (χ0) is 23.4. The van der Waals surface area contributed by atoms with Gasteiger partial charge < -0.3 is 14.5 Å². The first-order valence-corrected chi connectivity index (χ1v) is 10.7. The van der Waals surface area contributed by atoms with E-state index in [4.69, 9.17) is 4.74 Å². The van der Waals surface area contributed by atoms with Crippen molar-refractivity contribution in [3.8, 4) is 0 Å². The Morgan fingerprint density at radius 2 is 1.85 bits per heavy atom. The van der Waals surface area contributed by atoms with E-state index in [1.807, 2.05) is 23.1 Å². The number of nitro groups is 1. The number of hydrogen-bond acceptors (Lipinski definition) is 9. The first-order chi connectivity index (χ1) is 16.0. The highest BCUT2D eigenvalue weighted by atomic mass is 16.6. The number of carbonyl (C=O) groups excluding carboxylic acids is 2. The zero-order valence-electron chi connectivity index (χ0n) is 18.1. The average Bonchev–Trinajstić information content (AvgIpc) is 2.84. The fraction of sp³-hybridized carbons (Fsp3) is 0.364. The molecule has 0 radical (unpaired) electrons. The molecule has 0 spiro atoms. The molecular formula is C22H24N6O5. The maximum Gasteiger partial charge on any atom is 0.321 e. The molecule has 4 rings (SSSR count). The summed E-state index contributed by atoms with van der Waals surface area (Å²) >= 11 is 0. The average molecular weight is 452 g/mol. The van der Waals surface area contributed by atoms with Crippen LogP contribution in [0, 0.1) is 16.0 Å². The highest BCUT2D eigenvalue weighted by Gasteiger charge is 2.42. The number of hydrogen-bond donors (Lipinski definition) is 1. The van der Waals surface area contributed by atoms with Gasteiger partial charge in [-0.25, -0.2) is 9.98 Å². The summed E-state index contributed by atoms with van der Waals surface area (Å²) in [6.07, 6.45) is 1.75. The molecule has 172 valence electrons. The van der Waals surface area contributed by atoms with Gasteiger partial charge in [0.2, 0.25) is 11.9 Å². The van der Waals surface area contributed by atoms with Crippen LogP contribution in [0.5, 0.6) is 0 Å². The molecular weight excluding hydrogens is 428 g/mol. The molecule has 2 aliphatic rings. The van der Waals surface area contributed by atoms with Crippen LogP contribution >= 0.6 is 0 Å². The summed E-state index contributed by atoms with van der Waals surface area (Å²) in [6.45, 7) is 4.38. The van der Waals surface area contributed by atoms with Gasteiger partial charge in [0, 0.05) is 44.5 Å². The molecule has 0 saturated carbocycles. The Morgan fingerprint density at radius 3 is 2.45 bits per heavy atom. The molecule has 1 aromatic heterocycles. The largest absolute Gasteiger partial charge is 0.465 e. The van der Waals surface area contributed by atoms with Gasteiger partial charge in [0.05, 0.1) is 11.5 Å². The van der Waals surface area contributed by atoms with Gasteiger partial charge in [-0.3, -0.25) is 25.0 Å². The van der Waals surface area contributed by atoms with Crippen LogP contribution in [0.2, 0.25) is 0 Å². The zero-order valence-corrected chi connectivity index (χ0v) is 18.1. The fourth-order valence-corrected chi connectivity index (χ4v) is 3.95. The van der Waals surface area contributed by atoms with E-state index in [2.05, 4.69) is 20.2 Å². The third-order valence-corrected chi connectivity index (χ3v) is 5.63. The van der Waals surface area contributed by atoms with E-state index >= 15 is 0 Å². The second-order valence-electron chi connectivity index (χ2n) is 7.63. The van der Waals surface area contributed by atoms with Crippen molar-refractivity contribution in [1.82, 2.24) is 15.2 Å². The minimum Gasteiger partial charge on any atom is -0.465 e. The lowest BCUT2D eigenvalue weighted by Gasteiger charge is -2.39. The summed E-state index contributed by atoms with van der Waals surface area (Å²) in [5.74, 6) is -1.09. The Kier molecular flexibility index (Phi) is 6.48. The number of pyridine rings is 1. The molecule has 0 bridgehead atoms. The van der Waals surface area contributed by atoms with Crippen LogP contribution in [0.15, 0.2) is 53.7 Å². The normalized spacial score (nSPS) is 20.6. The Morgan fingerprint density at radius 1 is 1.15 bits per heavy atom. The number of aromatic nitrogens is 1. The predicted octanol–water partition coefficient (Wildman–Crippen LogP) is 1.52. The lowest BCUT2D eigenvalue weighted by molar-refractivity contribution is -0.384. The molecule has 0 unspecified atom stereocenters. The number of anilines is 1. The number of nitrogens with one attached hydrogen (secondary N) is 1. The minimum absolute atomic E-state index is 0.0819. The molecule has 1 aromatic carbocycles.